The van der Waals surface area contributed by atoms with Gasteiger partial charge in [-0.3, -0.25) is 14.6 Å². The van der Waals surface area contributed by atoms with Crippen molar-refractivity contribution in [1.82, 2.24) is 25.9 Å². The van der Waals surface area contributed by atoms with Gasteiger partial charge in [0.15, 0.2) is 0 Å². The normalized spacial score (nSPS) is 10.4. The molecular formula is C24H33N7O7Tc. The van der Waals surface area contributed by atoms with E-state index in [1.165, 1.54) is 6.20 Å². The third-order valence-corrected chi connectivity index (χ3v) is 5.21. The monoisotopic (exact) mass is 630 g/mol. The molecule has 0 aromatic carbocycles. The van der Waals surface area contributed by atoms with Crippen LogP contribution in [0.5, 0.6) is 0 Å². The summed E-state index contributed by atoms with van der Waals surface area (Å²) in [5.41, 5.74) is 1.80. The van der Waals surface area contributed by atoms with E-state index in [4.69, 9.17) is 5.84 Å². The molecule has 0 unspecified atom stereocenters. The van der Waals surface area contributed by atoms with Gasteiger partial charge in [-0.25, -0.2) is 10.8 Å². The molecule has 0 atom stereocenters. The van der Waals surface area contributed by atoms with E-state index in [1.807, 2.05) is 0 Å². The Hall–Kier alpha value is -3.04. The summed E-state index contributed by atoms with van der Waals surface area (Å²) in [6, 6.07) is 6.79. The van der Waals surface area contributed by atoms with E-state index in [-0.39, 0.29) is 31.9 Å². The van der Waals surface area contributed by atoms with Crippen molar-refractivity contribution >= 4 is 23.6 Å². The van der Waals surface area contributed by atoms with Gasteiger partial charge in [0.25, 0.3) is 11.8 Å². The van der Waals surface area contributed by atoms with Crippen molar-refractivity contribution in [1.29, 1.82) is 0 Å². The van der Waals surface area contributed by atoms with E-state index < -0.39 is 37.9 Å². The molecule has 2 rings (SSSR count). The number of carboxylic acid groups (broad SMARTS) is 1. The van der Waals surface area contributed by atoms with Crippen molar-refractivity contribution < 1.29 is 54.9 Å². The molecule has 0 aliphatic heterocycles. The molecule has 39 heavy (non-hydrogen) atoms. The van der Waals surface area contributed by atoms with Crippen molar-refractivity contribution in [3.63, 3.8) is 0 Å². The summed E-state index contributed by atoms with van der Waals surface area (Å²) in [4.78, 5) is 41.6. The van der Waals surface area contributed by atoms with E-state index >= 15 is 0 Å². The molecule has 2 amide bonds. The van der Waals surface area contributed by atoms with Crippen molar-refractivity contribution in [2.75, 3.05) is 44.9 Å². The summed E-state index contributed by atoms with van der Waals surface area (Å²) in [5.74, 6) is 4.04. The number of anilines is 1. The maximum Gasteiger partial charge on any atom is 4.00 e. The Morgan fingerprint density at radius 2 is 1.41 bits per heavy atom. The van der Waals surface area contributed by atoms with Gasteiger partial charge in [0.05, 0.1) is 17.1 Å². The van der Waals surface area contributed by atoms with Crippen molar-refractivity contribution in [2.24, 2.45) is 5.84 Å². The second-order valence-electron chi connectivity index (χ2n) is 8.18. The number of hydrazine groups is 1. The van der Waals surface area contributed by atoms with Gasteiger partial charge in [0.1, 0.15) is 5.82 Å². The summed E-state index contributed by atoms with van der Waals surface area (Å²) in [5, 5.41) is 48.8. The molecule has 14 nitrogen and oxygen atoms in total. The number of carbonyl (C=O) groups excluding carboxylic acids is 3. The van der Waals surface area contributed by atoms with Crippen LogP contribution in [0.25, 0.3) is 0 Å². The van der Waals surface area contributed by atoms with Gasteiger partial charge in [-0.1, -0.05) is 12.8 Å². The van der Waals surface area contributed by atoms with E-state index in [0.29, 0.717) is 30.0 Å². The molecule has 0 bridgehead atoms. The number of rotatable bonds is 16. The SMILES string of the molecule is NNc1ccc(C(=O)NCCCCCCNC(=O)c2cccnc2)cn1.O=C([O-])CNC(C[O-])(C[O-])C[O-].[99Tc+4]. The molecule has 0 saturated carbocycles. The largest absolute Gasteiger partial charge is 4.00 e. The van der Waals surface area contributed by atoms with Crippen LogP contribution in [-0.4, -0.2) is 72.7 Å². The van der Waals surface area contributed by atoms with Crippen LogP contribution in [0.4, 0.5) is 5.82 Å². The van der Waals surface area contributed by atoms with Crippen LogP contribution in [0, 0.1) is 0 Å². The average Bonchev–Trinajstić information content (AvgIpc) is 2.96. The Bertz CT molecular complexity index is 957. The number of carbonyl (C=O) groups is 3. The van der Waals surface area contributed by atoms with Crippen molar-refractivity contribution in [2.45, 2.75) is 31.2 Å². The van der Waals surface area contributed by atoms with Gasteiger partial charge in [-0.05, 0) is 42.6 Å². The fraction of sp³-hybridized carbons (Fsp3) is 0.458. The molecule has 0 aliphatic rings. The maximum atomic E-state index is 11.9. The number of unbranched alkanes of at least 4 members (excludes halogenated alkanes) is 3. The third-order valence-electron chi connectivity index (χ3n) is 5.21. The summed E-state index contributed by atoms with van der Waals surface area (Å²) < 4.78 is 0. The van der Waals surface area contributed by atoms with Gasteiger partial charge in [-0.15, -0.1) is 19.8 Å². The molecular weight excluding hydrogens is 597 g/mol. The van der Waals surface area contributed by atoms with Gasteiger partial charge < -0.3 is 46.6 Å². The summed E-state index contributed by atoms with van der Waals surface area (Å²) >= 11 is 0. The summed E-state index contributed by atoms with van der Waals surface area (Å²) in [6.45, 7) is -2.17. The number of hydrogen-bond acceptors (Lipinski definition) is 12. The standard InChI is InChI=1S/C18H24N6O2.C6H10NO5.Tc/c19-24-16-8-7-15(13-23-16)18(26)22-11-4-2-1-3-10-21-17(25)14-6-5-9-20-12-14;8-2-6(3-9,4-10)7-1-5(11)12;/h5-9,12-13H,1-4,10-11,19H2,(H,21,25)(H,22,26)(H,23,24);7H,1-4H2,(H,11,12);/q;-3;+4/p-1/i;;1+1. The molecule has 1 radical (unpaired) electrons. The van der Waals surface area contributed by atoms with E-state index in [0.717, 1.165) is 25.7 Å². The van der Waals surface area contributed by atoms with Crippen LogP contribution in [0.15, 0.2) is 42.9 Å². The molecule has 0 fully saturated rings. The third kappa shape index (κ3) is 14.6. The Balaban J connectivity index is 0.000000944. The predicted molar refractivity (Wildman–Crippen MR) is 130 cm³/mol. The smallest absolute Gasteiger partial charge is 0.853 e. The first kappa shape index (κ1) is 36.0. The number of hydrogen-bond donors (Lipinski definition) is 5. The average molecular weight is 630 g/mol. The topological polar surface area (TPSA) is 243 Å². The number of aliphatic carboxylic acids is 1. The molecule has 2 aromatic rings. The molecule has 2 aromatic heterocycles. The number of aromatic nitrogens is 2. The minimum Gasteiger partial charge on any atom is -0.853 e. The molecule has 2 heterocycles. The fourth-order valence-corrected chi connectivity index (χ4v) is 2.86. The maximum absolute atomic E-state index is 11.9. The van der Waals surface area contributed by atoms with Crippen molar-refractivity contribution in [3.05, 3.63) is 54.0 Å². The number of pyridine rings is 2. The Morgan fingerprint density at radius 1 is 0.846 bits per heavy atom. The van der Waals surface area contributed by atoms with Crippen LogP contribution in [0.3, 0.4) is 0 Å². The second kappa shape index (κ2) is 20.9. The molecule has 0 saturated heterocycles. The number of nitrogens with two attached hydrogens (primary N) is 1. The van der Waals surface area contributed by atoms with E-state index in [1.54, 1.807) is 36.7 Å². The van der Waals surface area contributed by atoms with Gasteiger partial charge in [0, 0.05) is 38.2 Å². The van der Waals surface area contributed by atoms with Crippen LogP contribution in [-0.2, 0) is 24.9 Å². The molecule has 0 aliphatic carbocycles. The van der Waals surface area contributed by atoms with Crippen LogP contribution in [0.1, 0.15) is 46.4 Å². The molecule has 213 valence electrons. The summed E-state index contributed by atoms with van der Waals surface area (Å²) in [6.07, 6.45) is 8.43. The predicted octanol–water partition coefficient (Wildman–Crippen LogP) is -4.37. The number of nitrogens with zero attached hydrogens (tertiary/aromatic N) is 2. The fourth-order valence-electron chi connectivity index (χ4n) is 2.86. The summed E-state index contributed by atoms with van der Waals surface area (Å²) in [7, 11) is 0. The van der Waals surface area contributed by atoms with Crippen LogP contribution in [0.2, 0.25) is 0 Å². The first-order valence-corrected chi connectivity index (χ1v) is 11.9. The number of nitrogens with one attached hydrogen (secondary N) is 4. The Kier molecular flexibility index (Phi) is 19.2. The number of amides is 2. The van der Waals surface area contributed by atoms with Gasteiger partial charge in [0.2, 0.25) is 0 Å². The van der Waals surface area contributed by atoms with Crippen LogP contribution >= 0.6 is 0 Å². The zero-order valence-corrected chi connectivity index (χ0v) is 23.2. The van der Waals surface area contributed by atoms with Gasteiger partial charge >= 0.3 is 20.1 Å². The molecule has 6 N–H and O–H groups in total. The van der Waals surface area contributed by atoms with Crippen LogP contribution < -0.4 is 47.6 Å². The Morgan fingerprint density at radius 3 is 1.82 bits per heavy atom. The Labute approximate surface area is 240 Å². The molecule has 0 spiro atoms. The quantitative estimate of drug-likeness (QED) is 0.0671. The first-order chi connectivity index (χ1) is 18.3. The minimum absolute atomic E-state index is 0. The second-order valence-corrected chi connectivity index (χ2v) is 8.18. The number of nitrogen functional groups attached to an aromatic ring is 1. The zero-order chi connectivity index (χ0) is 28.2. The zero-order valence-electron chi connectivity index (χ0n) is 21.3. The van der Waals surface area contributed by atoms with E-state index in [2.05, 4.69) is 31.3 Å². The van der Waals surface area contributed by atoms with Gasteiger partial charge in [-0.2, -0.15) is 0 Å². The number of carboxylic acids is 1. The molecule has 15 heteroatoms. The van der Waals surface area contributed by atoms with E-state index in [9.17, 15) is 34.8 Å². The minimum atomic E-state index is -1.68. The van der Waals surface area contributed by atoms with Crippen molar-refractivity contribution in [3.8, 4) is 0 Å². The first-order valence-electron chi connectivity index (χ1n) is 11.9.